The van der Waals surface area contributed by atoms with Gasteiger partial charge in [-0.15, -0.1) is 0 Å². The highest BCUT2D eigenvalue weighted by Gasteiger charge is 2.34. The van der Waals surface area contributed by atoms with Gasteiger partial charge in [-0.2, -0.15) is 0 Å². The average Bonchev–Trinajstić information content (AvgIpc) is 3.49. The molecule has 0 saturated carbocycles. The molecule has 1 atom stereocenters. The molecule has 1 aliphatic heterocycles. The Morgan fingerprint density at radius 3 is 2.52 bits per heavy atom. The van der Waals surface area contributed by atoms with Crippen LogP contribution in [0.3, 0.4) is 0 Å². The van der Waals surface area contributed by atoms with E-state index < -0.39 is 0 Å². The zero-order chi connectivity index (χ0) is 21.8. The summed E-state index contributed by atoms with van der Waals surface area (Å²) in [6, 6.07) is 12.2. The van der Waals surface area contributed by atoms with Gasteiger partial charge in [-0.1, -0.05) is 36.4 Å². The summed E-state index contributed by atoms with van der Waals surface area (Å²) in [5, 5.41) is 0. The first-order valence-corrected chi connectivity index (χ1v) is 11.4. The molecule has 164 valence electrons. The first-order chi connectivity index (χ1) is 15.0. The Labute approximate surface area is 184 Å². The van der Waals surface area contributed by atoms with Crippen LogP contribution >= 0.6 is 0 Å². The summed E-state index contributed by atoms with van der Waals surface area (Å²) >= 11 is 0. The number of rotatable bonds is 6. The highest BCUT2D eigenvalue weighted by molar-refractivity contribution is 5.95. The topological polar surface area (TPSA) is 53.8 Å². The Morgan fingerprint density at radius 2 is 1.90 bits per heavy atom. The van der Waals surface area contributed by atoms with Crippen LogP contribution < -0.4 is 0 Å². The van der Waals surface area contributed by atoms with E-state index in [1.165, 1.54) is 5.56 Å². The molecule has 0 bridgehead atoms. The highest BCUT2D eigenvalue weighted by Crippen LogP contribution is 2.29. The maximum atomic E-state index is 13.2. The van der Waals surface area contributed by atoms with Crippen LogP contribution in [0.2, 0.25) is 0 Å². The fourth-order valence-electron chi connectivity index (χ4n) is 4.98. The molecule has 1 fully saturated rings. The molecule has 2 aromatic rings. The van der Waals surface area contributed by atoms with Crippen LogP contribution in [0.5, 0.6) is 0 Å². The monoisotopic (exact) mass is 420 g/mol. The number of carbonyl (C=O) groups is 2. The molecule has 31 heavy (non-hydrogen) atoms. The minimum atomic E-state index is 0.00167. The molecule has 4 rings (SSSR count). The lowest BCUT2D eigenvalue weighted by atomic mass is 9.84. The molecule has 1 unspecified atom stereocenters. The van der Waals surface area contributed by atoms with Gasteiger partial charge in [0.05, 0.1) is 11.8 Å². The Morgan fingerprint density at radius 1 is 1.16 bits per heavy atom. The van der Waals surface area contributed by atoms with Crippen molar-refractivity contribution in [2.75, 3.05) is 20.1 Å². The van der Waals surface area contributed by atoms with Crippen molar-refractivity contribution in [3.63, 3.8) is 0 Å². The van der Waals surface area contributed by atoms with Crippen molar-refractivity contribution in [3.8, 4) is 0 Å². The van der Waals surface area contributed by atoms with Gasteiger partial charge in [-0.25, -0.2) is 0 Å². The summed E-state index contributed by atoms with van der Waals surface area (Å²) in [6.45, 7) is 3.35. The van der Waals surface area contributed by atoms with Gasteiger partial charge in [0.25, 0.3) is 5.91 Å². The second kappa shape index (κ2) is 9.54. The van der Waals surface area contributed by atoms with Crippen LogP contribution in [0.25, 0.3) is 0 Å². The Bertz CT molecular complexity index is 939. The van der Waals surface area contributed by atoms with E-state index in [1.807, 2.05) is 42.0 Å². The molecular weight excluding hydrogens is 388 g/mol. The molecule has 5 nitrogen and oxygen atoms in total. The van der Waals surface area contributed by atoms with E-state index in [1.54, 1.807) is 12.3 Å². The number of likely N-dealkylation sites (N-methyl/N-ethyl adjacent to an activating group) is 1. The third-order valence-corrected chi connectivity index (χ3v) is 6.88. The van der Waals surface area contributed by atoms with Crippen LogP contribution in [0.15, 0.2) is 58.7 Å². The van der Waals surface area contributed by atoms with Gasteiger partial charge in [-0.05, 0) is 63.0 Å². The second-order valence-corrected chi connectivity index (χ2v) is 8.81. The smallest absolute Gasteiger partial charge is 0.257 e. The number of likely N-dealkylation sites (tertiary alicyclic amines) is 1. The fourth-order valence-corrected chi connectivity index (χ4v) is 4.98. The van der Waals surface area contributed by atoms with Gasteiger partial charge in [0.1, 0.15) is 5.76 Å². The SMILES string of the molecule is Cc1occc1C(=O)N(C)C(Cc1ccccc1)C1CCN(C(=O)C2=CCCC2)CC1. The van der Waals surface area contributed by atoms with Crippen molar-refractivity contribution in [1.29, 1.82) is 0 Å². The predicted molar refractivity (Wildman–Crippen MR) is 121 cm³/mol. The summed E-state index contributed by atoms with van der Waals surface area (Å²) < 4.78 is 5.37. The molecular formula is C26H32N2O3. The van der Waals surface area contributed by atoms with E-state index in [2.05, 4.69) is 18.2 Å². The lowest BCUT2D eigenvalue weighted by molar-refractivity contribution is -0.128. The third-order valence-electron chi connectivity index (χ3n) is 6.88. The molecule has 1 aliphatic carbocycles. The van der Waals surface area contributed by atoms with Crippen LogP contribution in [0, 0.1) is 12.8 Å². The second-order valence-electron chi connectivity index (χ2n) is 8.81. The van der Waals surface area contributed by atoms with E-state index in [-0.39, 0.29) is 17.9 Å². The fraction of sp³-hybridized carbons (Fsp3) is 0.462. The molecule has 2 amide bonds. The normalized spacial score (nSPS) is 18.0. The van der Waals surface area contributed by atoms with Crippen molar-refractivity contribution in [2.45, 2.75) is 51.5 Å². The zero-order valence-electron chi connectivity index (χ0n) is 18.5. The molecule has 0 spiro atoms. The number of amides is 2. The Kier molecular flexibility index (Phi) is 6.59. The van der Waals surface area contributed by atoms with Crippen LogP contribution in [0.1, 0.15) is 53.8 Å². The van der Waals surface area contributed by atoms with Crippen molar-refractivity contribution < 1.29 is 14.0 Å². The number of nitrogens with zero attached hydrogens (tertiary/aromatic N) is 2. The third kappa shape index (κ3) is 4.76. The Hall–Kier alpha value is -2.82. The van der Waals surface area contributed by atoms with Gasteiger partial charge >= 0.3 is 0 Å². The van der Waals surface area contributed by atoms with E-state index in [0.717, 1.165) is 57.2 Å². The minimum Gasteiger partial charge on any atom is -0.469 e. The summed E-state index contributed by atoms with van der Waals surface area (Å²) in [5.41, 5.74) is 2.84. The number of benzene rings is 1. The number of carbonyl (C=O) groups excluding carboxylic acids is 2. The molecule has 0 radical (unpaired) electrons. The van der Waals surface area contributed by atoms with E-state index >= 15 is 0 Å². The molecule has 1 aromatic carbocycles. The zero-order valence-corrected chi connectivity index (χ0v) is 18.5. The summed E-state index contributed by atoms with van der Waals surface area (Å²) in [5.74, 6) is 1.22. The van der Waals surface area contributed by atoms with Crippen LogP contribution in [-0.2, 0) is 11.2 Å². The standard InChI is InChI=1S/C26H32N2O3/c1-19-23(14-17-31-19)26(30)27(2)24(18-20-8-4-3-5-9-20)21-12-15-28(16-13-21)25(29)22-10-6-7-11-22/h3-5,8-10,14,17,21,24H,6-7,11-13,15-16,18H2,1-2H3. The van der Waals surface area contributed by atoms with Gasteiger partial charge in [0, 0.05) is 31.8 Å². The number of allylic oxidation sites excluding steroid dienone is 1. The largest absolute Gasteiger partial charge is 0.469 e. The quantitative estimate of drug-likeness (QED) is 0.685. The summed E-state index contributed by atoms with van der Waals surface area (Å²) in [6.07, 6.45) is 9.35. The summed E-state index contributed by atoms with van der Waals surface area (Å²) in [7, 11) is 1.91. The number of aryl methyl sites for hydroxylation is 1. The minimum absolute atomic E-state index is 0.00167. The van der Waals surface area contributed by atoms with Crippen molar-refractivity contribution in [2.24, 2.45) is 5.92 Å². The lowest BCUT2D eigenvalue weighted by Crippen LogP contribution is -2.48. The summed E-state index contributed by atoms with van der Waals surface area (Å²) in [4.78, 5) is 29.9. The maximum absolute atomic E-state index is 13.2. The maximum Gasteiger partial charge on any atom is 0.257 e. The first kappa shape index (κ1) is 21.4. The number of hydrogen-bond donors (Lipinski definition) is 0. The van der Waals surface area contributed by atoms with Gasteiger partial charge in [-0.3, -0.25) is 9.59 Å². The van der Waals surface area contributed by atoms with Crippen molar-refractivity contribution >= 4 is 11.8 Å². The number of piperidine rings is 1. The van der Waals surface area contributed by atoms with Crippen molar-refractivity contribution in [1.82, 2.24) is 9.80 Å². The van der Waals surface area contributed by atoms with Gasteiger partial charge in [0.15, 0.2) is 0 Å². The molecule has 2 heterocycles. The van der Waals surface area contributed by atoms with Crippen LogP contribution in [0.4, 0.5) is 0 Å². The molecule has 2 aliphatic rings. The molecule has 5 heteroatoms. The van der Waals surface area contributed by atoms with E-state index in [9.17, 15) is 9.59 Å². The average molecular weight is 421 g/mol. The highest BCUT2D eigenvalue weighted by atomic mass is 16.3. The predicted octanol–water partition coefficient (Wildman–Crippen LogP) is 4.62. The molecule has 0 N–H and O–H groups in total. The number of furan rings is 1. The molecule has 1 aromatic heterocycles. The van der Waals surface area contributed by atoms with E-state index in [0.29, 0.717) is 17.2 Å². The Balaban J connectivity index is 1.49. The van der Waals surface area contributed by atoms with Gasteiger partial charge < -0.3 is 14.2 Å². The molecule has 1 saturated heterocycles. The van der Waals surface area contributed by atoms with Crippen LogP contribution in [-0.4, -0.2) is 47.8 Å². The van der Waals surface area contributed by atoms with Crippen molar-refractivity contribution in [3.05, 3.63) is 71.2 Å². The lowest BCUT2D eigenvalue weighted by Gasteiger charge is -2.40. The number of hydrogen-bond acceptors (Lipinski definition) is 3. The van der Waals surface area contributed by atoms with Gasteiger partial charge in [0.2, 0.25) is 5.91 Å². The first-order valence-electron chi connectivity index (χ1n) is 11.4. The van der Waals surface area contributed by atoms with E-state index in [4.69, 9.17) is 4.42 Å².